The Balaban J connectivity index is 1.31. The highest BCUT2D eigenvalue weighted by molar-refractivity contribution is 6.39. The molecule has 5 rings (SSSR count). The molecule has 0 radical (unpaired) electrons. The van der Waals surface area contributed by atoms with Crippen LogP contribution in [0.2, 0.25) is 0 Å². The number of ketones is 2. The molecular weight excluding hydrogens is 1070 g/mol. The number of carbonyl (C=O) groups is 5. The van der Waals surface area contributed by atoms with E-state index in [1.54, 1.807) is 52.9 Å². The molecule has 20 heteroatoms. The summed E-state index contributed by atoms with van der Waals surface area (Å²) in [6.07, 6.45) is 8.56. The Morgan fingerprint density at radius 3 is 2.14 bits per heavy atom. The van der Waals surface area contributed by atoms with Crippen LogP contribution >= 0.6 is 0 Å². The second kappa shape index (κ2) is 35.0. The summed E-state index contributed by atoms with van der Waals surface area (Å²) in [6.45, 7) is 21.1. The molecule has 4 aliphatic heterocycles. The first-order valence-corrected chi connectivity index (χ1v) is 30.8. The summed E-state index contributed by atoms with van der Waals surface area (Å²) in [5.74, 6) is -8.22. The van der Waals surface area contributed by atoms with Crippen LogP contribution in [0.3, 0.4) is 0 Å². The number of amides is 2. The van der Waals surface area contributed by atoms with Gasteiger partial charge in [-0.15, -0.1) is 0 Å². The zero-order valence-corrected chi connectivity index (χ0v) is 51.5. The van der Waals surface area contributed by atoms with Gasteiger partial charge >= 0.3 is 12.1 Å². The fourth-order valence-corrected chi connectivity index (χ4v) is 12.3. The number of aliphatic hydroxyl groups is 4. The van der Waals surface area contributed by atoms with E-state index in [4.69, 9.17) is 37.9 Å². The number of fused-ring (bicyclic) bond motifs is 3. The average Bonchev–Trinajstić information content (AvgIpc) is 3.68. The minimum Gasteiger partial charge on any atom is -0.460 e. The predicted molar refractivity (Wildman–Crippen MR) is 312 cm³/mol. The van der Waals surface area contributed by atoms with Gasteiger partial charge in [-0.3, -0.25) is 19.3 Å². The lowest BCUT2D eigenvalue weighted by Gasteiger charge is -2.43. The number of cyclic esters (lactones) is 1. The first-order valence-electron chi connectivity index (χ1n) is 30.8. The number of rotatable bonds is 16. The molecule has 4 heterocycles. The van der Waals surface area contributed by atoms with E-state index in [0.717, 1.165) is 12.1 Å². The maximum Gasteiger partial charge on any atom is 0.410 e. The Morgan fingerprint density at radius 1 is 0.759 bits per heavy atom. The molecule has 83 heavy (non-hydrogen) atoms. The van der Waals surface area contributed by atoms with Crippen molar-refractivity contribution in [1.82, 2.24) is 14.7 Å². The number of Topliss-reactive ketones (excluding diaryl/α,β-unsaturated/α-hetero) is 2. The van der Waals surface area contributed by atoms with Gasteiger partial charge in [0.25, 0.3) is 11.7 Å². The van der Waals surface area contributed by atoms with Crippen molar-refractivity contribution in [2.45, 2.75) is 193 Å². The Kier molecular flexibility index (Phi) is 29.5. The molecule has 472 valence electrons. The van der Waals surface area contributed by atoms with E-state index in [1.165, 1.54) is 4.90 Å². The van der Waals surface area contributed by atoms with Gasteiger partial charge in [-0.1, -0.05) is 71.1 Å². The Hall–Kier alpha value is -3.93. The number of piperidine rings is 1. The standard InChI is InChI=1S/C63H103N3O17/c1-11-78-31-32-80-34-33-79-30-29-64-25-27-65(28-26-64)62(74)82-52-23-21-48(38-55(52)77-10)37-44(5)54-40-51(67)43(4)36-46(7)57(69)58(70)56(68)45(6)35-41(2)17-13-12-14-18-42(3)53(76-9)39-49-22-20-47(8)63(75,83-49)59(71)60(72)66-24-16-15-19-50(66)61(73)81-54/h12-14,17-18,36,41,43-45,47-55,57-58,67,69-70,75H,11,15-16,19-35,37-40H2,1-10H3/b14-12+,17-13+,42-18+,46-36+/t41-,43-,44-,45-,47-,48+,49+,50+,51-,52-,53+,54+,55-,57-,58+,63-/m1/s1. The molecule has 4 N–H and O–H groups in total. The molecule has 0 aromatic rings. The molecule has 2 amide bonds. The number of hydrogen-bond donors (Lipinski definition) is 4. The average molecular weight is 1170 g/mol. The SMILES string of the molecule is CCOCCOCCOCCN1CCN(C(=O)O[C@@H]2CC[C@@H](C[C@@H](C)[C@@H]3C[C@@H](O)[C@H](C)/C=C(\C)[C@@H](O)[C@@H](O)C(=O)[C@H](C)C[C@H](C)/C=C/C=C/C=C(\C)[C@@H](OC)C[C@@H]4CC[C@@H](C)[C@@](O)(O4)C(=O)C(=O)N4CCCC[C@H]4C(=O)O3)C[C@H]2OC)CC1. The van der Waals surface area contributed by atoms with Crippen molar-refractivity contribution in [3.63, 3.8) is 0 Å². The molecule has 0 spiro atoms. The zero-order chi connectivity index (χ0) is 60.8. The van der Waals surface area contributed by atoms with Crippen molar-refractivity contribution in [3.05, 3.63) is 47.6 Å². The molecule has 20 nitrogen and oxygen atoms in total. The van der Waals surface area contributed by atoms with E-state index >= 15 is 0 Å². The Labute approximate surface area is 494 Å². The third-order valence-electron chi connectivity index (χ3n) is 17.8. The van der Waals surface area contributed by atoms with Gasteiger partial charge in [-0.2, -0.15) is 0 Å². The van der Waals surface area contributed by atoms with E-state index in [9.17, 15) is 44.4 Å². The molecule has 1 saturated carbocycles. The highest BCUT2D eigenvalue weighted by Gasteiger charge is 2.53. The number of piperazine rings is 1. The number of ether oxygens (including phenoxy) is 8. The van der Waals surface area contributed by atoms with Crippen LogP contribution in [0.25, 0.3) is 0 Å². The van der Waals surface area contributed by atoms with E-state index in [2.05, 4.69) is 4.90 Å². The van der Waals surface area contributed by atoms with Crippen LogP contribution in [0.4, 0.5) is 4.79 Å². The van der Waals surface area contributed by atoms with E-state index in [-0.39, 0.29) is 48.8 Å². The Morgan fingerprint density at radius 2 is 1.46 bits per heavy atom. The Bertz CT molecular complexity index is 2160. The number of methoxy groups -OCH3 is 2. The van der Waals surface area contributed by atoms with Crippen molar-refractivity contribution < 1.29 is 82.3 Å². The third kappa shape index (κ3) is 20.9. The normalized spacial score (nSPS) is 36.4. The van der Waals surface area contributed by atoms with Crippen LogP contribution in [0.1, 0.15) is 132 Å². The fraction of sp³-hybridized carbons (Fsp3) is 0.794. The molecule has 2 bridgehead atoms. The molecule has 1 aliphatic carbocycles. The predicted octanol–water partition coefficient (Wildman–Crippen LogP) is 6.15. The van der Waals surface area contributed by atoms with Gasteiger partial charge in [0, 0.05) is 90.7 Å². The van der Waals surface area contributed by atoms with Crippen LogP contribution in [0, 0.1) is 35.5 Å². The molecular formula is C63H103N3O17. The highest BCUT2D eigenvalue weighted by atomic mass is 16.6. The topological polar surface area (TPSA) is 250 Å². The van der Waals surface area contributed by atoms with Crippen LogP contribution in [-0.4, -0.2) is 218 Å². The minimum absolute atomic E-state index is 0.0428. The summed E-state index contributed by atoms with van der Waals surface area (Å²) in [7, 11) is 3.17. The summed E-state index contributed by atoms with van der Waals surface area (Å²) in [5.41, 5.74) is 1.15. The summed E-state index contributed by atoms with van der Waals surface area (Å²) in [5, 5.41) is 46.5. The van der Waals surface area contributed by atoms with Gasteiger partial charge in [0.1, 0.15) is 30.5 Å². The second-order valence-corrected chi connectivity index (χ2v) is 24.2. The lowest BCUT2D eigenvalue weighted by molar-refractivity contribution is -0.265. The second-order valence-electron chi connectivity index (χ2n) is 24.2. The quantitative estimate of drug-likeness (QED) is 0.0585. The number of hydrogen-bond acceptors (Lipinski definition) is 18. The van der Waals surface area contributed by atoms with Gasteiger partial charge < -0.3 is 68.1 Å². The maximum atomic E-state index is 14.7. The van der Waals surface area contributed by atoms with Crippen molar-refractivity contribution in [1.29, 1.82) is 0 Å². The molecule has 3 saturated heterocycles. The number of carbonyl (C=O) groups excluding carboxylic acids is 5. The molecule has 0 aromatic heterocycles. The van der Waals surface area contributed by atoms with Gasteiger partial charge in [0.2, 0.25) is 5.79 Å². The monoisotopic (exact) mass is 1170 g/mol. The molecule has 0 unspecified atom stereocenters. The van der Waals surface area contributed by atoms with Crippen LogP contribution < -0.4 is 0 Å². The number of esters is 1. The maximum absolute atomic E-state index is 14.7. The number of nitrogens with zero attached hydrogens (tertiary/aromatic N) is 3. The highest BCUT2D eigenvalue weighted by Crippen LogP contribution is 2.38. The van der Waals surface area contributed by atoms with Crippen molar-refractivity contribution >= 4 is 29.5 Å². The van der Waals surface area contributed by atoms with E-state index in [0.29, 0.717) is 130 Å². The first-order chi connectivity index (χ1) is 39.6. The summed E-state index contributed by atoms with van der Waals surface area (Å²) >= 11 is 0. The molecule has 16 atom stereocenters. The smallest absolute Gasteiger partial charge is 0.410 e. The third-order valence-corrected chi connectivity index (χ3v) is 17.8. The lowest BCUT2D eigenvalue weighted by Crippen LogP contribution is -2.61. The van der Waals surface area contributed by atoms with E-state index < -0.39 is 102 Å². The number of aliphatic hydroxyl groups excluding tert-OH is 3. The largest absolute Gasteiger partial charge is 0.460 e. The molecule has 0 aromatic carbocycles. The number of allylic oxidation sites excluding steroid dienone is 5. The summed E-state index contributed by atoms with van der Waals surface area (Å²) in [6, 6.07) is -1.17. The van der Waals surface area contributed by atoms with Gasteiger partial charge in [0.15, 0.2) is 5.78 Å². The van der Waals surface area contributed by atoms with Crippen molar-refractivity contribution in [2.75, 3.05) is 93.1 Å². The fourth-order valence-electron chi connectivity index (χ4n) is 12.3. The molecule has 4 fully saturated rings. The van der Waals surface area contributed by atoms with Crippen LogP contribution in [-0.2, 0) is 57.1 Å². The lowest BCUT2D eigenvalue weighted by atomic mass is 9.78. The van der Waals surface area contributed by atoms with Crippen molar-refractivity contribution in [3.8, 4) is 0 Å². The van der Waals surface area contributed by atoms with Gasteiger partial charge in [0.05, 0.1) is 57.5 Å². The van der Waals surface area contributed by atoms with Gasteiger partial charge in [-0.05, 0) is 114 Å². The van der Waals surface area contributed by atoms with Crippen LogP contribution in [0.15, 0.2) is 47.6 Å². The van der Waals surface area contributed by atoms with Crippen LogP contribution in [0.5, 0.6) is 0 Å². The zero-order valence-electron chi connectivity index (χ0n) is 51.5. The summed E-state index contributed by atoms with van der Waals surface area (Å²) in [4.78, 5) is 75.8. The molecule has 5 aliphatic rings. The first kappa shape index (κ1) is 69.8. The minimum atomic E-state index is -2.46. The summed E-state index contributed by atoms with van der Waals surface area (Å²) < 4.78 is 47.1. The van der Waals surface area contributed by atoms with Crippen molar-refractivity contribution in [2.24, 2.45) is 35.5 Å². The van der Waals surface area contributed by atoms with Gasteiger partial charge in [-0.25, -0.2) is 9.59 Å². The van der Waals surface area contributed by atoms with E-state index in [1.807, 2.05) is 58.1 Å².